The smallest absolute Gasteiger partial charge is 0.311 e. The van der Waals surface area contributed by atoms with E-state index >= 15 is 0 Å². The van der Waals surface area contributed by atoms with Gasteiger partial charge in [0.15, 0.2) is 0 Å². The number of amides is 1. The van der Waals surface area contributed by atoms with Crippen molar-refractivity contribution in [1.29, 1.82) is 0 Å². The van der Waals surface area contributed by atoms with Gasteiger partial charge in [0, 0.05) is 18.5 Å². The van der Waals surface area contributed by atoms with Crippen LogP contribution in [-0.4, -0.2) is 53.7 Å². The standard InChI is InChI=1S/C14H24N2O4/c1-2-5-16(12-8-20-7-11(12)14(18)19)13(17)9-3-4-10(15)6-9/h9-12H,2-8,15H2,1H3,(H,18,19). The molecule has 4 atom stereocenters. The second-order valence-corrected chi connectivity index (χ2v) is 5.85. The highest BCUT2D eigenvalue weighted by Gasteiger charge is 2.42. The molecule has 3 N–H and O–H groups in total. The number of carboxylic acids is 1. The average Bonchev–Trinajstić information content (AvgIpc) is 3.03. The van der Waals surface area contributed by atoms with Crippen LogP contribution in [0.2, 0.25) is 0 Å². The van der Waals surface area contributed by atoms with E-state index in [4.69, 9.17) is 10.5 Å². The van der Waals surface area contributed by atoms with Crippen molar-refractivity contribution in [2.75, 3.05) is 19.8 Å². The average molecular weight is 284 g/mol. The zero-order valence-electron chi connectivity index (χ0n) is 12.0. The summed E-state index contributed by atoms with van der Waals surface area (Å²) in [6.45, 7) is 3.09. The molecule has 0 radical (unpaired) electrons. The topological polar surface area (TPSA) is 92.9 Å². The molecule has 6 nitrogen and oxygen atoms in total. The van der Waals surface area contributed by atoms with Crippen LogP contribution in [0.25, 0.3) is 0 Å². The summed E-state index contributed by atoms with van der Waals surface area (Å²) in [5.74, 6) is -1.49. The molecule has 1 amide bonds. The lowest BCUT2D eigenvalue weighted by atomic mass is 9.98. The minimum absolute atomic E-state index is 0.0494. The molecule has 1 heterocycles. The van der Waals surface area contributed by atoms with Gasteiger partial charge in [-0.05, 0) is 25.7 Å². The van der Waals surface area contributed by atoms with Crippen LogP contribution >= 0.6 is 0 Å². The number of aliphatic carboxylic acids is 1. The fourth-order valence-corrected chi connectivity index (χ4v) is 3.24. The van der Waals surface area contributed by atoms with Crippen molar-refractivity contribution in [3.05, 3.63) is 0 Å². The molecule has 20 heavy (non-hydrogen) atoms. The first kappa shape index (κ1) is 15.3. The van der Waals surface area contributed by atoms with E-state index in [1.54, 1.807) is 4.90 Å². The van der Waals surface area contributed by atoms with Crippen LogP contribution in [0.15, 0.2) is 0 Å². The minimum atomic E-state index is -0.885. The zero-order valence-corrected chi connectivity index (χ0v) is 12.0. The van der Waals surface area contributed by atoms with Crippen LogP contribution in [0.5, 0.6) is 0 Å². The fraction of sp³-hybridized carbons (Fsp3) is 0.857. The monoisotopic (exact) mass is 284 g/mol. The molecular formula is C14H24N2O4. The number of carboxylic acid groups (broad SMARTS) is 1. The molecule has 1 saturated carbocycles. The van der Waals surface area contributed by atoms with Crippen LogP contribution in [0.3, 0.4) is 0 Å². The maximum absolute atomic E-state index is 12.7. The van der Waals surface area contributed by atoms with Crippen LogP contribution in [0, 0.1) is 11.8 Å². The predicted molar refractivity (Wildman–Crippen MR) is 73.1 cm³/mol. The normalized spacial score (nSPS) is 33.3. The van der Waals surface area contributed by atoms with Gasteiger partial charge in [-0.1, -0.05) is 6.92 Å². The van der Waals surface area contributed by atoms with Crippen molar-refractivity contribution < 1.29 is 19.4 Å². The van der Waals surface area contributed by atoms with Gasteiger partial charge in [0.1, 0.15) is 5.92 Å². The molecule has 2 fully saturated rings. The Kier molecular flexibility index (Phi) is 4.99. The van der Waals surface area contributed by atoms with Crippen LogP contribution < -0.4 is 5.73 Å². The highest BCUT2D eigenvalue weighted by Crippen LogP contribution is 2.29. The molecule has 4 unspecified atom stereocenters. The molecule has 0 aromatic heterocycles. The Hall–Kier alpha value is -1.14. The Morgan fingerprint density at radius 3 is 2.65 bits per heavy atom. The summed E-state index contributed by atoms with van der Waals surface area (Å²) in [7, 11) is 0. The second-order valence-electron chi connectivity index (χ2n) is 5.85. The maximum atomic E-state index is 12.7. The van der Waals surface area contributed by atoms with Gasteiger partial charge in [0.05, 0.1) is 19.3 Å². The lowest BCUT2D eigenvalue weighted by Gasteiger charge is -2.32. The molecule has 1 aliphatic heterocycles. The Labute approximate surface area is 119 Å². The van der Waals surface area contributed by atoms with Gasteiger partial charge < -0.3 is 20.5 Å². The number of carbonyl (C=O) groups excluding carboxylic acids is 1. The molecule has 114 valence electrons. The first-order valence-corrected chi connectivity index (χ1v) is 7.41. The Morgan fingerprint density at radius 2 is 2.10 bits per heavy atom. The highest BCUT2D eigenvalue weighted by atomic mass is 16.5. The molecule has 0 bridgehead atoms. The van der Waals surface area contributed by atoms with E-state index in [9.17, 15) is 14.7 Å². The fourth-order valence-electron chi connectivity index (χ4n) is 3.24. The van der Waals surface area contributed by atoms with E-state index < -0.39 is 11.9 Å². The molecule has 2 rings (SSSR count). The van der Waals surface area contributed by atoms with E-state index in [2.05, 4.69) is 0 Å². The Balaban J connectivity index is 2.09. The van der Waals surface area contributed by atoms with Gasteiger partial charge in [-0.25, -0.2) is 0 Å². The Morgan fingerprint density at radius 1 is 1.35 bits per heavy atom. The van der Waals surface area contributed by atoms with E-state index in [0.29, 0.717) is 19.6 Å². The number of hydrogen-bond donors (Lipinski definition) is 2. The minimum Gasteiger partial charge on any atom is -0.481 e. The number of hydrogen-bond acceptors (Lipinski definition) is 4. The van der Waals surface area contributed by atoms with Gasteiger partial charge in [-0.3, -0.25) is 9.59 Å². The molecule has 6 heteroatoms. The van der Waals surface area contributed by atoms with Crippen LogP contribution in [0.1, 0.15) is 32.6 Å². The molecule has 2 aliphatic rings. The summed E-state index contributed by atoms with van der Waals surface area (Å²) in [4.78, 5) is 25.7. The molecule has 1 saturated heterocycles. The predicted octanol–water partition coefficient (Wildman–Crippen LogP) is 0.452. The molecule has 0 aromatic rings. The van der Waals surface area contributed by atoms with Crippen LogP contribution in [0.4, 0.5) is 0 Å². The van der Waals surface area contributed by atoms with Gasteiger partial charge in [-0.15, -0.1) is 0 Å². The van der Waals surface area contributed by atoms with E-state index in [1.165, 1.54) is 0 Å². The number of ether oxygens (including phenoxy) is 1. The summed E-state index contributed by atoms with van der Waals surface area (Å²) in [5, 5.41) is 9.25. The quantitative estimate of drug-likeness (QED) is 0.764. The van der Waals surface area contributed by atoms with E-state index in [0.717, 1.165) is 19.3 Å². The third kappa shape index (κ3) is 3.12. The van der Waals surface area contributed by atoms with Crippen molar-refractivity contribution in [3.8, 4) is 0 Å². The van der Waals surface area contributed by atoms with Crippen molar-refractivity contribution in [2.24, 2.45) is 17.6 Å². The highest BCUT2D eigenvalue weighted by molar-refractivity contribution is 5.81. The van der Waals surface area contributed by atoms with Gasteiger partial charge >= 0.3 is 5.97 Å². The SMILES string of the molecule is CCCN(C(=O)C1CCC(N)C1)C1COCC1C(=O)O. The number of nitrogens with two attached hydrogens (primary N) is 1. The van der Waals surface area contributed by atoms with Gasteiger partial charge in [-0.2, -0.15) is 0 Å². The second kappa shape index (κ2) is 6.54. The summed E-state index contributed by atoms with van der Waals surface area (Å²) in [6, 6.07) is -0.237. The molecular weight excluding hydrogens is 260 g/mol. The zero-order chi connectivity index (χ0) is 14.7. The maximum Gasteiger partial charge on any atom is 0.311 e. The van der Waals surface area contributed by atoms with Crippen LogP contribution in [-0.2, 0) is 14.3 Å². The largest absolute Gasteiger partial charge is 0.481 e. The first-order valence-electron chi connectivity index (χ1n) is 7.41. The molecule has 0 spiro atoms. The van der Waals surface area contributed by atoms with Gasteiger partial charge in [0.25, 0.3) is 0 Å². The van der Waals surface area contributed by atoms with Crippen molar-refractivity contribution in [1.82, 2.24) is 4.90 Å². The summed E-state index contributed by atoms with van der Waals surface area (Å²) in [6.07, 6.45) is 3.21. The van der Waals surface area contributed by atoms with E-state index in [-0.39, 0.29) is 30.5 Å². The summed E-state index contributed by atoms with van der Waals surface area (Å²) in [5.41, 5.74) is 5.88. The molecule has 1 aliphatic carbocycles. The third-order valence-corrected chi connectivity index (χ3v) is 4.34. The van der Waals surface area contributed by atoms with E-state index in [1.807, 2.05) is 6.92 Å². The third-order valence-electron chi connectivity index (χ3n) is 4.34. The Bertz CT molecular complexity index is 374. The lowest BCUT2D eigenvalue weighted by molar-refractivity contribution is -0.146. The summed E-state index contributed by atoms with van der Waals surface area (Å²) < 4.78 is 5.29. The van der Waals surface area contributed by atoms with Crippen molar-refractivity contribution in [3.63, 3.8) is 0 Å². The number of carbonyl (C=O) groups is 2. The lowest BCUT2D eigenvalue weighted by Crippen LogP contribution is -2.49. The summed E-state index contributed by atoms with van der Waals surface area (Å²) >= 11 is 0. The number of rotatable bonds is 5. The number of nitrogens with zero attached hydrogens (tertiary/aromatic N) is 1. The first-order chi connectivity index (χ1) is 9.54. The van der Waals surface area contributed by atoms with Gasteiger partial charge in [0.2, 0.25) is 5.91 Å². The van der Waals surface area contributed by atoms with Crippen molar-refractivity contribution >= 4 is 11.9 Å². The van der Waals surface area contributed by atoms with Crippen molar-refractivity contribution in [2.45, 2.75) is 44.7 Å². The molecule has 0 aromatic carbocycles.